The zero-order valence-electron chi connectivity index (χ0n) is 13.6. The Morgan fingerprint density at radius 2 is 1.60 bits per heavy atom. The van der Waals surface area contributed by atoms with E-state index in [0.29, 0.717) is 11.9 Å². The Bertz CT molecular complexity index is 252. The van der Waals surface area contributed by atoms with Gasteiger partial charge in [-0.25, -0.2) is 0 Å². The second kappa shape index (κ2) is 10.2. The fraction of sp³-hybridized carbons (Fsp3) is 0.941. The fourth-order valence-corrected chi connectivity index (χ4v) is 3.02. The molecule has 1 aliphatic rings. The smallest absolute Gasteiger partial charge is 0.222 e. The largest absolute Gasteiger partial charge is 0.343 e. The molecule has 0 atom stereocenters. The van der Waals surface area contributed by atoms with E-state index in [4.69, 9.17) is 5.73 Å². The monoisotopic (exact) mass is 282 g/mol. The summed E-state index contributed by atoms with van der Waals surface area (Å²) in [4.78, 5) is 14.5. The number of carbonyl (C=O) groups excluding carboxylic acids is 1. The van der Waals surface area contributed by atoms with Crippen molar-refractivity contribution in [3.05, 3.63) is 0 Å². The van der Waals surface area contributed by atoms with Crippen LogP contribution >= 0.6 is 0 Å². The first-order valence-corrected chi connectivity index (χ1v) is 8.70. The fourth-order valence-electron chi connectivity index (χ4n) is 3.02. The average Bonchev–Trinajstić information content (AvgIpc) is 2.46. The third-order valence-corrected chi connectivity index (χ3v) is 4.57. The van der Waals surface area contributed by atoms with Crippen molar-refractivity contribution in [1.29, 1.82) is 0 Å². The average molecular weight is 282 g/mol. The summed E-state index contributed by atoms with van der Waals surface area (Å²) in [5, 5.41) is 0. The Balaban J connectivity index is 2.28. The van der Waals surface area contributed by atoms with Crippen molar-refractivity contribution >= 4 is 5.91 Å². The molecule has 20 heavy (non-hydrogen) atoms. The number of nitrogens with two attached hydrogens (primary N) is 1. The highest BCUT2D eigenvalue weighted by molar-refractivity contribution is 5.76. The third kappa shape index (κ3) is 6.74. The highest BCUT2D eigenvalue weighted by atomic mass is 16.2. The summed E-state index contributed by atoms with van der Waals surface area (Å²) in [5.74, 6) is 1.11. The topological polar surface area (TPSA) is 46.3 Å². The normalized spacial score (nSPS) is 22.8. The number of hydrogen-bond donors (Lipinski definition) is 1. The van der Waals surface area contributed by atoms with E-state index in [1.807, 2.05) is 0 Å². The summed E-state index contributed by atoms with van der Waals surface area (Å²) in [6, 6.07) is 0.410. The lowest BCUT2D eigenvalue weighted by Crippen LogP contribution is -2.33. The lowest BCUT2D eigenvalue weighted by molar-refractivity contribution is -0.131. The molecule has 0 aromatic rings. The van der Waals surface area contributed by atoms with Gasteiger partial charge < -0.3 is 10.6 Å². The number of unbranched alkanes of at least 4 members (excludes halogenated alkanes) is 2. The van der Waals surface area contributed by atoms with Gasteiger partial charge in [0.15, 0.2) is 0 Å². The first-order chi connectivity index (χ1) is 9.67. The molecule has 0 aromatic heterocycles. The van der Waals surface area contributed by atoms with Gasteiger partial charge in [0.25, 0.3) is 0 Å². The minimum absolute atomic E-state index is 0.377. The molecule has 0 aromatic carbocycles. The van der Waals surface area contributed by atoms with Crippen LogP contribution in [0.2, 0.25) is 0 Å². The van der Waals surface area contributed by atoms with Crippen LogP contribution in [0.4, 0.5) is 0 Å². The standard InChI is InChI=1S/C17H34N2O/c1-3-5-13-19(14-6-4-2)17(20)12-9-15-7-10-16(18)11-8-15/h15-16H,3-14,18H2,1-2H3. The van der Waals surface area contributed by atoms with Crippen molar-refractivity contribution in [2.45, 2.75) is 84.1 Å². The van der Waals surface area contributed by atoms with Gasteiger partial charge in [0.05, 0.1) is 0 Å². The molecule has 1 saturated carbocycles. The third-order valence-electron chi connectivity index (χ3n) is 4.57. The maximum Gasteiger partial charge on any atom is 0.222 e. The Kier molecular flexibility index (Phi) is 8.92. The van der Waals surface area contributed by atoms with Gasteiger partial charge in [-0.05, 0) is 50.9 Å². The molecule has 2 N–H and O–H groups in total. The maximum atomic E-state index is 12.4. The van der Waals surface area contributed by atoms with Crippen molar-refractivity contribution in [2.75, 3.05) is 13.1 Å². The molecule has 0 bridgehead atoms. The summed E-state index contributed by atoms with van der Waals surface area (Å²) < 4.78 is 0. The molecule has 3 heteroatoms. The van der Waals surface area contributed by atoms with Crippen LogP contribution in [0, 0.1) is 5.92 Å². The molecule has 0 saturated heterocycles. The van der Waals surface area contributed by atoms with Crippen LogP contribution in [0.5, 0.6) is 0 Å². The molecule has 0 spiro atoms. The number of amides is 1. The Morgan fingerprint density at radius 3 is 2.10 bits per heavy atom. The molecule has 1 amide bonds. The summed E-state index contributed by atoms with van der Waals surface area (Å²) in [6.07, 6.45) is 11.1. The molecule has 118 valence electrons. The van der Waals surface area contributed by atoms with Crippen LogP contribution in [0.3, 0.4) is 0 Å². The first-order valence-electron chi connectivity index (χ1n) is 8.70. The van der Waals surface area contributed by atoms with Crippen molar-refractivity contribution in [3.63, 3.8) is 0 Å². The van der Waals surface area contributed by atoms with Gasteiger partial charge in [0.2, 0.25) is 5.91 Å². The van der Waals surface area contributed by atoms with Gasteiger partial charge in [0, 0.05) is 25.6 Å². The van der Waals surface area contributed by atoms with Crippen LogP contribution in [0.1, 0.15) is 78.1 Å². The Hall–Kier alpha value is -0.570. The first kappa shape index (κ1) is 17.5. The molecule has 0 aliphatic heterocycles. The maximum absolute atomic E-state index is 12.4. The van der Waals surface area contributed by atoms with Gasteiger partial charge in [-0.1, -0.05) is 26.7 Å². The number of rotatable bonds is 9. The molecule has 1 fully saturated rings. The summed E-state index contributed by atoms with van der Waals surface area (Å²) in [6.45, 7) is 6.28. The lowest BCUT2D eigenvalue weighted by atomic mass is 9.83. The van der Waals surface area contributed by atoms with Crippen molar-refractivity contribution < 1.29 is 4.79 Å². The summed E-state index contributed by atoms with van der Waals surface area (Å²) >= 11 is 0. The second-order valence-corrected chi connectivity index (χ2v) is 6.41. The van der Waals surface area contributed by atoms with Gasteiger partial charge >= 0.3 is 0 Å². The van der Waals surface area contributed by atoms with E-state index < -0.39 is 0 Å². The quantitative estimate of drug-likeness (QED) is 0.700. The van der Waals surface area contributed by atoms with E-state index in [2.05, 4.69) is 18.7 Å². The molecule has 0 heterocycles. The van der Waals surface area contributed by atoms with Crippen LogP contribution in [-0.2, 0) is 4.79 Å². The van der Waals surface area contributed by atoms with Crippen molar-refractivity contribution in [2.24, 2.45) is 11.7 Å². The van der Waals surface area contributed by atoms with Crippen LogP contribution < -0.4 is 5.73 Å². The van der Waals surface area contributed by atoms with Crippen LogP contribution in [-0.4, -0.2) is 29.9 Å². The van der Waals surface area contributed by atoms with Gasteiger partial charge in [-0.2, -0.15) is 0 Å². The molecule has 0 unspecified atom stereocenters. The second-order valence-electron chi connectivity index (χ2n) is 6.41. The molecular weight excluding hydrogens is 248 g/mol. The number of hydrogen-bond acceptors (Lipinski definition) is 2. The minimum Gasteiger partial charge on any atom is -0.343 e. The molecule has 1 rings (SSSR count). The Morgan fingerprint density at radius 1 is 1.05 bits per heavy atom. The van der Waals surface area contributed by atoms with E-state index in [1.165, 1.54) is 12.8 Å². The zero-order valence-corrected chi connectivity index (χ0v) is 13.6. The van der Waals surface area contributed by atoms with E-state index >= 15 is 0 Å². The van der Waals surface area contributed by atoms with E-state index in [9.17, 15) is 4.79 Å². The van der Waals surface area contributed by atoms with Gasteiger partial charge in [0.1, 0.15) is 0 Å². The van der Waals surface area contributed by atoms with E-state index in [0.717, 1.165) is 70.4 Å². The predicted molar refractivity (Wildman–Crippen MR) is 85.6 cm³/mol. The van der Waals surface area contributed by atoms with Crippen LogP contribution in [0.15, 0.2) is 0 Å². The van der Waals surface area contributed by atoms with E-state index in [-0.39, 0.29) is 0 Å². The SMILES string of the molecule is CCCCN(CCCC)C(=O)CCC1CCC(N)CC1. The lowest BCUT2D eigenvalue weighted by Gasteiger charge is -2.27. The summed E-state index contributed by atoms with van der Waals surface area (Å²) in [7, 11) is 0. The van der Waals surface area contributed by atoms with E-state index in [1.54, 1.807) is 0 Å². The minimum atomic E-state index is 0.377. The highest BCUT2D eigenvalue weighted by Crippen LogP contribution is 2.27. The molecular formula is C17H34N2O. The molecule has 1 aliphatic carbocycles. The van der Waals surface area contributed by atoms with Crippen molar-refractivity contribution in [3.8, 4) is 0 Å². The number of carbonyl (C=O) groups is 1. The molecule has 3 nitrogen and oxygen atoms in total. The Labute approximate surface area is 125 Å². The highest BCUT2D eigenvalue weighted by Gasteiger charge is 2.20. The molecule has 0 radical (unpaired) electrons. The zero-order chi connectivity index (χ0) is 14.8. The number of nitrogens with zero attached hydrogens (tertiary/aromatic N) is 1. The van der Waals surface area contributed by atoms with Gasteiger partial charge in [-0.15, -0.1) is 0 Å². The predicted octanol–water partition coefficient (Wildman–Crippen LogP) is 3.71. The summed E-state index contributed by atoms with van der Waals surface area (Å²) in [5.41, 5.74) is 5.94. The van der Waals surface area contributed by atoms with Crippen molar-refractivity contribution in [1.82, 2.24) is 4.90 Å². The van der Waals surface area contributed by atoms with Gasteiger partial charge in [-0.3, -0.25) is 4.79 Å². The van der Waals surface area contributed by atoms with Crippen LogP contribution in [0.25, 0.3) is 0 Å².